The number of aryl methyl sites for hydroxylation is 1. The van der Waals surface area contributed by atoms with Crippen LogP contribution in [0.5, 0.6) is 0 Å². The second kappa shape index (κ2) is 10.1. The molecule has 4 aliphatic rings. The van der Waals surface area contributed by atoms with Crippen molar-refractivity contribution in [1.82, 2.24) is 4.90 Å². The molecular formula is C24H37NO. The zero-order valence-corrected chi connectivity index (χ0v) is 17.5. The molecular weight excluding hydrogens is 318 g/mol. The number of hydrogen-bond acceptors (Lipinski definition) is 2. The minimum Gasteiger partial charge on any atom is -0.303 e. The summed E-state index contributed by atoms with van der Waals surface area (Å²) in [6.45, 7) is 14.8. The molecule has 1 aromatic carbocycles. The zero-order valence-electron chi connectivity index (χ0n) is 17.5. The molecule has 2 nitrogen and oxygen atoms in total. The first kappa shape index (κ1) is 20.9. The molecule has 2 heteroatoms. The summed E-state index contributed by atoms with van der Waals surface area (Å²) < 4.78 is 0. The molecule has 2 bridgehead atoms. The maximum atomic E-state index is 11.8. The first-order valence-corrected chi connectivity index (χ1v) is 10.7. The van der Waals surface area contributed by atoms with Gasteiger partial charge in [-0.15, -0.1) is 0 Å². The number of carbonyl (C=O) groups is 1. The van der Waals surface area contributed by atoms with Crippen molar-refractivity contribution in [2.75, 3.05) is 19.6 Å². The van der Waals surface area contributed by atoms with Gasteiger partial charge in [0.15, 0.2) is 5.78 Å². The van der Waals surface area contributed by atoms with Crippen LogP contribution in [0.4, 0.5) is 0 Å². The predicted octanol–water partition coefficient (Wildman–Crippen LogP) is 6.00. The lowest BCUT2D eigenvalue weighted by molar-refractivity contribution is 0.0603. The van der Waals surface area contributed by atoms with E-state index in [9.17, 15) is 4.79 Å². The first-order chi connectivity index (χ1) is 12.6. The van der Waals surface area contributed by atoms with E-state index in [0.29, 0.717) is 6.42 Å². The number of benzene rings is 1. The molecule has 0 amide bonds. The fourth-order valence-corrected chi connectivity index (χ4v) is 4.52. The Balaban J connectivity index is 0.000000188. The lowest BCUT2D eigenvalue weighted by atomic mass is 9.80. The highest BCUT2D eigenvalue weighted by atomic mass is 16.1. The Bertz CT molecular complexity index is 623. The fraction of sp³-hybridized carbons (Fsp3) is 0.625. The molecule has 0 N–H and O–H groups in total. The highest BCUT2D eigenvalue weighted by Crippen LogP contribution is 2.32. The van der Waals surface area contributed by atoms with Gasteiger partial charge in [-0.1, -0.05) is 58.9 Å². The molecule has 3 fully saturated rings. The smallest absolute Gasteiger partial charge is 0.167 e. The second-order valence-electron chi connectivity index (χ2n) is 7.52. The van der Waals surface area contributed by atoms with Crippen LogP contribution in [0, 0.1) is 11.8 Å². The van der Waals surface area contributed by atoms with Gasteiger partial charge in [0, 0.05) is 18.5 Å². The minimum absolute atomic E-state index is 0.262. The molecule has 3 saturated heterocycles. The molecule has 0 radical (unpaired) electrons. The van der Waals surface area contributed by atoms with Crippen molar-refractivity contribution in [1.29, 1.82) is 0 Å². The van der Waals surface area contributed by atoms with Gasteiger partial charge in [0.25, 0.3) is 0 Å². The number of hydrogen-bond donors (Lipinski definition) is 0. The van der Waals surface area contributed by atoms with E-state index in [1.54, 1.807) is 0 Å². The van der Waals surface area contributed by atoms with Crippen molar-refractivity contribution < 1.29 is 4.79 Å². The summed E-state index contributed by atoms with van der Waals surface area (Å²) in [6, 6.07) is 6.08. The van der Waals surface area contributed by atoms with Crippen molar-refractivity contribution in [3.8, 4) is 0 Å². The number of piperidine rings is 3. The Kier molecular flexibility index (Phi) is 8.09. The van der Waals surface area contributed by atoms with Crippen LogP contribution in [0.15, 0.2) is 24.3 Å². The van der Waals surface area contributed by atoms with Gasteiger partial charge in [-0.3, -0.25) is 4.79 Å². The first-order valence-electron chi connectivity index (χ1n) is 10.7. The number of allylic oxidation sites excluding steroid dienone is 2. The molecule has 5 rings (SSSR count). The second-order valence-corrected chi connectivity index (χ2v) is 7.52. The van der Waals surface area contributed by atoms with Crippen molar-refractivity contribution in [3.63, 3.8) is 0 Å². The van der Waals surface area contributed by atoms with Crippen molar-refractivity contribution in [2.24, 2.45) is 11.8 Å². The fourth-order valence-electron chi connectivity index (χ4n) is 4.52. The van der Waals surface area contributed by atoms with Crippen LogP contribution in [0.3, 0.4) is 0 Å². The molecule has 1 atom stereocenters. The predicted molar refractivity (Wildman–Crippen MR) is 113 cm³/mol. The normalized spacial score (nSPS) is 26.0. The molecule has 1 unspecified atom stereocenters. The lowest BCUT2D eigenvalue weighted by Crippen LogP contribution is -2.46. The molecule has 0 saturated carbocycles. The molecule has 0 spiro atoms. The van der Waals surface area contributed by atoms with Crippen LogP contribution in [0.1, 0.15) is 81.8 Å². The van der Waals surface area contributed by atoms with E-state index < -0.39 is 0 Å². The van der Waals surface area contributed by atoms with Gasteiger partial charge in [0.1, 0.15) is 0 Å². The number of carbonyl (C=O) groups excluding carboxylic acids is 1. The van der Waals surface area contributed by atoms with E-state index in [4.69, 9.17) is 0 Å². The quantitative estimate of drug-likeness (QED) is 0.648. The van der Waals surface area contributed by atoms with Gasteiger partial charge in [0.05, 0.1) is 0 Å². The molecule has 3 aliphatic heterocycles. The molecule has 1 aliphatic carbocycles. The summed E-state index contributed by atoms with van der Waals surface area (Å²) in [5, 5.41) is 0. The molecule has 144 valence electrons. The van der Waals surface area contributed by atoms with E-state index in [-0.39, 0.29) is 5.78 Å². The third-order valence-corrected chi connectivity index (χ3v) is 6.05. The van der Waals surface area contributed by atoms with Gasteiger partial charge in [-0.05, 0) is 67.3 Å². The van der Waals surface area contributed by atoms with Crippen LogP contribution < -0.4 is 0 Å². The minimum atomic E-state index is 0.262. The molecule has 26 heavy (non-hydrogen) atoms. The summed E-state index contributed by atoms with van der Waals surface area (Å²) in [7, 11) is 0. The highest BCUT2D eigenvalue weighted by Gasteiger charge is 2.30. The van der Waals surface area contributed by atoms with Crippen molar-refractivity contribution in [3.05, 3.63) is 41.0 Å². The Morgan fingerprint density at radius 2 is 1.77 bits per heavy atom. The van der Waals surface area contributed by atoms with Crippen LogP contribution >= 0.6 is 0 Å². The summed E-state index contributed by atoms with van der Waals surface area (Å²) >= 11 is 0. The Labute approximate surface area is 160 Å². The summed E-state index contributed by atoms with van der Waals surface area (Å²) in [5.41, 5.74) is 4.77. The van der Waals surface area contributed by atoms with E-state index in [0.717, 1.165) is 30.2 Å². The van der Waals surface area contributed by atoms with Crippen LogP contribution in [0.25, 0.3) is 5.57 Å². The van der Waals surface area contributed by atoms with Crippen LogP contribution in [-0.2, 0) is 6.42 Å². The third-order valence-electron chi connectivity index (χ3n) is 6.05. The summed E-state index contributed by atoms with van der Waals surface area (Å²) in [4.78, 5) is 14.4. The maximum Gasteiger partial charge on any atom is 0.167 e. The number of fused-ring (bicyclic) bond motifs is 4. The van der Waals surface area contributed by atoms with Crippen molar-refractivity contribution >= 4 is 11.4 Å². The number of Topliss-reactive ketones (excluding diaryl/α,β-unsaturated/α-hetero) is 1. The number of nitrogens with zero attached hydrogens (tertiary/aromatic N) is 1. The average Bonchev–Trinajstić information content (AvgIpc) is 2.71. The van der Waals surface area contributed by atoms with Crippen molar-refractivity contribution in [2.45, 2.75) is 66.7 Å². The third kappa shape index (κ3) is 4.65. The number of rotatable bonds is 2. The Hall–Kier alpha value is -1.41. The van der Waals surface area contributed by atoms with Crippen LogP contribution in [-0.4, -0.2) is 30.3 Å². The average molecular weight is 356 g/mol. The van der Waals surface area contributed by atoms with E-state index in [2.05, 4.69) is 37.8 Å². The monoisotopic (exact) mass is 355 g/mol. The summed E-state index contributed by atoms with van der Waals surface area (Å²) in [6.07, 6.45) is 7.61. The van der Waals surface area contributed by atoms with E-state index >= 15 is 0 Å². The number of ketones is 1. The topological polar surface area (TPSA) is 20.3 Å². The maximum absolute atomic E-state index is 11.8. The Morgan fingerprint density at radius 3 is 2.23 bits per heavy atom. The largest absolute Gasteiger partial charge is 0.303 e. The van der Waals surface area contributed by atoms with Crippen LogP contribution in [0.2, 0.25) is 0 Å². The van der Waals surface area contributed by atoms with E-state index in [1.807, 2.05) is 26.0 Å². The SMILES string of the molecule is CC.CC1CN2CCC1CC2.CCC1=CCC(=O)c2cccc(CC)c21. The van der Waals surface area contributed by atoms with Gasteiger partial charge in [-0.25, -0.2) is 0 Å². The summed E-state index contributed by atoms with van der Waals surface area (Å²) in [5.74, 6) is 2.33. The Morgan fingerprint density at radius 1 is 1.08 bits per heavy atom. The molecule has 0 aromatic heterocycles. The standard InChI is InChI=1S/C14H16O.C8H15N.C2H6/c1-3-10-6-5-7-12-13(15)9-8-11(4-2)14(10)12;1-7-6-9-4-2-8(7)3-5-9;1-2/h5-8H,3-4,9H2,1-2H3;7-8H,2-6H2,1H3;1-2H3. The zero-order chi connectivity index (χ0) is 19.1. The van der Waals surface area contributed by atoms with Gasteiger partial charge in [-0.2, -0.15) is 0 Å². The van der Waals surface area contributed by atoms with E-state index in [1.165, 1.54) is 49.2 Å². The highest BCUT2D eigenvalue weighted by molar-refractivity contribution is 6.05. The molecule has 3 heterocycles. The van der Waals surface area contributed by atoms with Gasteiger partial charge < -0.3 is 4.90 Å². The lowest BCUT2D eigenvalue weighted by Gasteiger charge is -2.43. The van der Waals surface area contributed by atoms with Gasteiger partial charge >= 0.3 is 0 Å². The molecule has 1 aromatic rings. The van der Waals surface area contributed by atoms with Gasteiger partial charge in [0.2, 0.25) is 0 Å².